The van der Waals surface area contributed by atoms with Crippen molar-refractivity contribution in [1.29, 1.82) is 0 Å². The molecule has 2 aliphatic heterocycles. The topological polar surface area (TPSA) is 85.3 Å². The van der Waals surface area contributed by atoms with Crippen LogP contribution in [0, 0.1) is 0 Å². The van der Waals surface area contributed by atoms with Gasteiger partial charge in [0.25, 0.3) is 11.7 Å². The molecule has 0 saturated carbocycles. The molecule has 0 bridgehead atoms. The lowest BCUT2D eigenvalue weighted by Crippen LogP contribution is -2.29. The number of hydrogen-bond donors (Lipinski definition) is 1. The molecule has 1 N–H and O–H groups in total. The van der Waals surface area contributed by atoms with Crippen LogP contribution in [0.2, 0.25) is 0 Å². The van der Waals surface area contributed by atoms with Crippen molar-refractivity contribution >= 4 is 17.4 Å². The lowest BCUT2D eigenvalue weighted by atomic mass is 9.94. The maximum Gasteiger partial charge on any atom is 0.295 e. The van der Waals surface area contributed by atoms with Crippen LogP contribution in [0.3, 0.4) is 0 Å². The van der Waals surface area contributed by atoms with Gasteiger partial charge in [0.05, 0.1) is 18.2 Å². The van der Waals surface area contributed by atoms with E-state index in [4.69, 9.17) is 14.2 Å². The van der Waals surface area contributed by atoms with Gasteiger partial charge in [-0.15, -0.1) is 0 Å². The molecule has 0 aliphatic carbocycles. The highest BCUT2D eigenvalue weighted by atomic mass is 16.5. The Morgan fingerprint density at radius 2 is 1.60 bits per heavy atom. The van der Waals surface area contributed by atoms with Crippen LogP contribution in [0.5, 0.6) is 17.2 Å². The van der Waals surface area contributed by atoms with Crippen molar-refractivity contribution in [2.45, 2.75) is 45.6 Å². The number of rotatable bonds is 9. The second-order valence-corrected chi connectivity index (χ2v) is 10.8. The molecule has 2 heterocycles. The fourth-order valence-corrected chi connectivity index (χ4v) is 5.71. The van der Waals surface area contributed by atoms with E-state index in [9.17, 15) is 14.7 Å². The second kappa shape index (κ2) is 12.1. The number of hydrogen-bond acceptors (Lipinski definition) is 6. The van der Waals surface area contributed by atoms with Gasteiger partial charge in [-0.1, -0.05) is 66.7 Å². The third-order valence-corrected chi connectivity index (χ3v) is 7.73. The molecule has 1 fully saturated rings. The number of carbonyl (C=O) groups excluding carboxylic acids is 2. The zero-order chi connectivity index (χ0) is 29.9. The van der Waals surface area contributed by atoms with Crippen molar-refractivity contribution in [3.63, 3.8) is 0 Å². The van der Waals surface area contributed by atoms with Crippen molar-refractivity contribution in [3.05, 3.63) is 130 Å². The van der Waals surface area contributed by atoms with Crippen molar-refractivity contribution in [2.24, 2.45) is 0 Å². The normalized spacial score (nSPS) is 18.8. The molecule has 2 aliphatic rings. The molecule has 7 nitrogen and oxygen atoms in total. The summed E-state index contributed by atoms with van der Waals surface area (Å²) in [5.41, 5.74) is 3.96. The summed E-state index contributed by atoms with van der Waals surface area (Å²) in [4.78, 5) is 28.7. The highest BCUT2D eigenvalue weighted by Gasteiger charge is 2.46. The van der Waals surface area contributed by atoms with E-state index in [0.29, 0.717) is 42.3 Å². The van der Waals surface area contributed by atoms with Crippen molar-refractivity contribution in [2.75, 3.05) is 6.61 Å². The van der Waals surface area contributed by atoms with Gasteiger partial charge in [-0.3, -0.25) is 9.59 Å². The number of likely N-dealkylation sites (tertiary alicyclic amines) is 1. The summed E-state index contributed by atoms with van der Waals surface area (Å²) in [6.07, 6.45) is 0.730. The highest BCUT2D eigenvalue weighted by Crippen LogP contribution is 2.43. The van der Waals surface area contributed by atoms with Gasteiger partial charge in [0, 0.05) is 18.5 Å². The van der Waals surface area contributed by atoms with Crippen LogP contribution in [0.4, 0.5) is 0 Å². The van der Waals surface area contributed by atoms with E-state index in [-0.39, 0.29) is 24.0 Å². The molecule has 0 spiro atoms. The van der Waals surface area contributed by atoms with Gasteiger partial charge in [0.15, 0.2) is 11.5 Å². The van der Waals surface area contributed by atoms with E-state index in [1.807, 2.05) is 86.6 Å². The second-order valence-electron chi connectivity index (χ2n) is 10.8. The molecular weight excluding hydrogens is 542 g/mol. The first kappa shape index (κ1) is 28.1. The molecule has 6 rings (SSSR count). The molecule has 0 unspecified atom stereocenters. The number of aliphatic hydroxyl groups excluding tert-OH is 1. The lowest BCUT2D eigenvalue weighted by molar-refractivity contribution is -0.140. The van der Waals surface area contributed by atoms with E-state index in [0.717, 1.165) is 22.4 Å². The van der Waals surface area contributed by atoms with Crippen LogP contribution in [0.15, 0.2) is 103 Å². The molecule has 0 radical (unpaired) electrons. The first-order valence-electron chi connectivity index (χ1n) is 14.5. The quantitative estimate of drug-likeness (QED) is 0.137. The summed E-state index contributed by atoms with van der Waals surface area (Å²) in [5, 5.41) is 11.6. The van der Waals surface area contributed by atoms with E-state index in [2.05, 4.69) is 0 Å². The van der Waals surface area contributed by atoms with Crippen molar-refractivity contribution in [3.8, 4) is 17.2 Å². The number of nitrogens with zero attached hydrogens (tertiary/aromatic N) is 1. The average Bonchev–Trinajstić information content (AvgIpc) is 3.52. The standard InChI is InChI=1S/C36H33NO6/c1-3-41-31-20-26(14-17-30(31)42-22-25-12-8-5-9-13-25)33-32(34(38)27-15-16-29-28(19-27)18-23(2)43-29)35(39)36(40)37(33)21-24-10-6-4-7-11-24/h4-17,19-20,23,33,38H,3,18,21-22H2,1-2H3/t23-,33-/m1/s1. The van der Waals surface area contributed by atoms with Gasteiger partial charge in [-0.2, -0.15) is 0 Å². The zero-order valence-corrected chi connectivity index (χ0v) is 24.2. The number of fused-ring (bicyclic) bond motifs is 1. The van der Waals surface area contributed by atoms with E-state index in [1.165, 1.54) is 4.90 Å². The van der Waals surface area contributed by atoms with Crippen LogP contribution in [0.1, 0.15) is 47.7 Å². The van der Waals surface area contributed by atoms with Gasteiger partial charge < -0.3 is 24.2 Å². The SMILES string of the molecule is CCOc1cc([C@@H]2C(=C(O)c3ccc4c(c3)C[C@@H](C)O4)C(=O)C(=O)N2Cc2ccccc2)ccc1OCc1ccccc1. The molecular formula is C36H33NO6. The Balaban J connectivity index is 1.43. The van der Waals surface area contributed by atoms with Gasteiger partial charge in [-0.25, -0.2) is 0 Å². The molecule has 1 amide bonds. The van der Waals surface area contributed by atoms with E-state index in [1.54, 1.807) is 24.3 Å². The third kappa shape index (κ3) is 5.71. The minimum atomic E-state index is -0.842. The molecule has 4 aromatic rings. The van der Waals surface area contributed by atoms with E-state index < -0.39 is 17.7 Å². The predicted octanol–water partition coefficient (Wildman–Crippen LogP) is 6.61. The predicted molar refractivity (Wildman–Crippen MR) is 163 cm³/mol. The maximum absolute atomic E-state index is 13.6. The fourth-order valence-electron chi connectivity index (χ4n) is 5.71. The largest absolute Gasteiger partial charge is 0.507 e. The van der Waals surface area contributed by atoms with Gasteiger partial charge >= 0.3 is 0 Å². The summed E-state index contributed by atoms with van der Waals surface area (Å²) in [6, 6.07) is 29.2. The summed E-state index contributed by atoms with van der Waals surface area (Å²) < 4.78 is 17.9. The van der Waals surface area contributed by atoms with Crippen LogP contribution < -0.4 is 14.2 Å². The Kier molecular flexibility index (Phi) is 7.88. The Hall–Kier alpha value is -5.04. The van der Waals surface area contributed by atoms with Crippen LogP contribution in [-0.4, -0.2) is 34.4 Å². The molecule has 7 heteroatoms. The highest BCUT2D eigenvalue weighted by molar-refractivity contribution is 6.46. The molecule has 0 aromatic heterocycles. The monoisotopic (exact) mass is 575 g/mol. The minimum Gasteiger partial charge on any atom is -0.507 e. The molecule has 43 heavy (non-hydrogen) atoms. The average molecular weight is 576 g/mol. The summed E-state index contributed by atoms with van der Waals surface area (Å²) >= 11 is 0. The van der Waals surface area contributed by atoms with Gasteiger partial charge in [0.1, 0.15) is 24.2 Å². The number of Topliss-reactive ketones (excluding diaryl/α,β-unsaturated/α-hetero) is 1. The van der Waals surface area contributed by atoms with E-state index >= 15 is 0 Å². The number of carbonyl (C=O) groups is 2. The number of benzene rings is 4. The summed E-state index contributed by atoms with van der Waals surface area (Å²) in [7, 11) is 0. The Morgan fingerprint density at radius 1 is 0.884 bits per heavy atom. The Bertz CT molecular complexity index is 1680. The smallest absolute Gasteiger partial charge is 0.295 e. The summed E-state index contributed by atoms with van der Waals surface area (Å²) in [6.45, 7) is 4.81. The third-order valence-electron chi connectivity index (χ3n) is 7.73. The van der Waals surface area contributed by atoms with Crippen molar-refractivity contribution < 1.29 is 28.9 Å². The van der Waals surface area contributed by atoms with Crippen LogP contribution >= 0.6 is 0 Å². The number of ketones is 1. The van der Waals surface area contributed by atoms with Gasteiger partial charge in [-0.05, 0) is 66.4 Å². The Labute approximate surface area is 250 Å². The van der Waals surface area contributed by atoms with Gasteiger partial charge in [0.2, 0.25) is 0 Å². The molecule has 218 valence electrons. The lowest BCUT2D eigenvalue weighted by Gasteiger charge is -2.26. The molecule has 2 atom stereocenters. The number of amides is 1. The number of ether oxygens (including phenoxy) is 3. The van der Waals surface area contributed by atoms with Crippen molar-refractivity contribution in [1.82, 2.24) is 4.90 Å². The zero-order valence-electron chi connectivity index (χ0n) is 24.2. The first-order valence-corrected chi connectivity index (χ1v) is 14.5. The Morgan fingerprint density at radius 3 is 2.33 bits per heavy atom. The van der Waals surface area contributed by atoms with Crippen LogP contribution in [-0.2, 0) is 29.2 Å². The maximum atomic E-state index is 13.6. The summed E-state index contributed by atoms with van der Waals surface area (Å²) in [5.74, 6) is 0.176. The van der Waals surface area contributed by atoms with Crippen LogP contribution in [0.25, 0.3) is 5.76 Å². The first-order chi connectivity index (χ1) is 20.9. The molecule has 1 saturated heterocycles. The number of aliphatic hydroxyl groups is 1. The molecule has 4 aromatic carbocycles. The minimum absolute atomic E-state index is 0.0310. The fraction of sp³-hybridized carbons (Fsp3) is 0.222.